The highest BCUT2D eigenvalue weighted by molar-refractivity contribution is 6.42. The molecule has 1 aromatic rings. The second-order valence-electron chi connectivity index (χ2n) is 6.00. The number of hydrogen-bond acceptors (Lipinski definition) is 4. The molecule has 2 rings (SSSR count). The molecule has 0 radical (unpaired) electrons. The van der Waals surface area contributed by atoms with Crippen LogP contribution in [0.5, 0.6) is 0 Å². The van der Waals surface area contributed by atoms with E-state index >= 15 is 0 Å². The summed E-state index contributed by atoms with van der Waals surface area (Å²) < 4.78 is 4.93. The Morgan fingerprint density at radius 1 is 1.36 bits per heavy atom. The second-order valence-corrected chi connectivity index (χ2v) is 6.81. The van der Waals surface area contributed by atoms with Crippen LogP contribution in [-0.2, 0) is 19.9 Å². The van der Waals surface area contributed by atoms with Crippen molar-refractivity contribution in [2.24, 2.45) is 0 Å². The molecule has 1 saturated heterocycles. The van der Waals surface area contributed by atoms with E-state index in [4.69, 9.17) is 27.9 Å². The molecule has 2 N–H and O–H groups in total. The van der Waals surface area contributed by atoms with Gasteiger partial charge in [0, 0.05) is 13.2 Å². The molecule has 1 aliphatic rings. The van der Waals surface area contributed by atoms with Gasteiger partial charge in [-0.15, -0.1) is 0 Å². The minimum absolute atomic E-state index is 0.236. The van der Waals surface area contributed by atoms with Crippen molar-refractivity contribution in [2.75, 3.05) is 20.3 Å². The van der Waals surface area contributed by atoms with Crippen molar-refractivity contribution in [3.8, 4) is 0 Å². The maximum atomic E-state index is 12.7. The molecule has 0 bridgehead atoms. The number of rotatable bonds is 6. The monoisotopic (exact) mass is 387 g/mol. The number of amides is 4. The standard InChI is InChI=1S/C16H19Cl2N3O4/c1-9(8-25-3)19-13(22)7-21-14(23)16(2,20-15(21)24)10-4-5-11(17)12(18)6-10/h4-6,9H,7-8H2,1-3H3,(H,19,22)(H,20,24). The summed E-state index contributed by atoms with van der Waals surface area (Å²) in [5.74, 6) is -0.989. The molecule has 2 atom stereocenters. The maximum absolute atomic E-state index is 12.7. The lowest BCUT2D eigenvalue weighted by Crippen LogP contribution is -2.45. The van der Waals surface area contributed by atoms with Gasteiger partial charge in [0.15, 0.2) is 0 Å². The molecule has 9 heteroatoms. The highest BCUT2D eigenvalue weighted by atomic mass is 35.5. The first-order valence-electron chi connectivity index (χ1n) is 7.57. The summed E-state index contributed by atoms with van der Waals surface area (Å²) in [6.45, 7) is 3.26. The number of carbonyl (C=O) groups excluding carboxylic acids is 3. The first kappa shape index (κ1) is 19.5. The van der Waals surface area contributed by atoms with Crippen molar-refractivity contribution in [1.82, 2.24) is 15.5 Å². The van der Waals surface area contributed by atoms with Crippen LogP contribution in [0.25, 0.3) is 0 Å². The van der Waals surface area contributed by atoms with Crippen LogP contribution in [0.15, 0.2) is 18.2 Å². The van der Waals surface area contributed by atoms with Crippen molar-refractivity contribution in [1.29, 1.82) is 0 Å². The Balaban J connectivity index is 2.16. The highest BCUT2D eigenvalue weighted by Gasteiger charge is 2.49. The Bertz CT molecular complexity index is 713. The lowest BCUT2D eigenvalue weighted by Gasteiger charge is -2.22. The Kier molecular flexibility index (Phi) is 5.92. The van der Waals surface area contributed by atoms with Gasteiger partial charge in [-0.2, -0.15) is 0 Å². The number of hydrogen-bond donors (Lipinski definition) is 2. The van der Waals surface area contributed by atoms with Gasteiger partial charge in [-0.1, -0.05) is 29.3 Å². The molecule has 1 aliphatic heterocycles. The molecule has 4 amide bonds. The van der Waals surface area contributed by atoms with Gasteiger partial charge in [0.2, 0.25) is 5.91 Å². The van der Waals surface area contributed by atoms with E-state index in [-0.39, 0.29) is 17.6 Å². The van der Waals surface area contributed by atoms with Crippen molar-refractivity contribution in [3.63, 3.8) is 0 Å². The van der Waals surface area contributed by atoms with Gasteiger partial charge in [0.1, 0.15) is 12.1 Å². The topological polar surface area (TPSA) is 87.7 Å². The fourth-order valence-corrected chi connectivity index (χ4v) is 2.90. The zero-order valence-corrected chi connectivity index (χ0v) is 15.6. The van der Waals surface area contributed by atoms with Crippen LogP contribution in [0.2, 0.25) is 10.0 Å². The third kappa shape index (κ3) is 4.05. The normalized spacial score (nSPS) is 21.2. The molecule has 25 heavy (non-hydrogen) atoms. The summed E-state index contributed by atoms with van der Waals surface area (Å²) in [4.78, 5) is 37.9. The lowest BCUT2D eigenvalue weighted by molar-refractivity contribution is -0.135. The molecule has 136 valence electrons. The third-order valence-electron chi connectivity index (χ3n) is 3.90. The van der Waals surface area contributed by atoms with E-state index in [1.54, 1.807) is 26.0 Å². The van der Waals surface area contributed by atoms with Crippen molar-refractivity contribution in [2.45, 2.75) is 25.4 Å². The van der Waals surface area contributed by atoms with Crippen LogP contribution in [0.3, 0.4) is 0 Å². The quantitative estimate of drug-likeness (QED) is 0.729. The van der Waals surface area contributed by atoms with Crippen molar-refractivity contribution >= 4 is 41.0 Å². The highest BCUT2D eigenvalue weighted by Crippen LogP contribution is 2.32. The first-order valence-corrected chi connectivity index (χ1v) is 8.32. The number of benzene rings is 1. The Morgan fingerprint density at radius 2 is 2.04 bits per heavy atom. The van der Waals surface area contributed by atoms with Crippen molar-refractivity contribution < 1.29 is 19.1 Å². The summed E-state index contributed by atoms with van der Waals surface area (Å²) >= 11 is 11.9. The van der Waals surface area contributed by atoms with Crippen LogP contribution in [-0.4, -0.2) is 49.0 Å². The van der Waals surface area contributed by atoms with Crippen LogP contribution in [0, 0.1) is 0 Å². The summed E-state index contributed by atoms with van der Waals surface area (Å²) in [5.41, 5.74) is -0.833. The van der Waals surface area contributed by atoms with Gasteiger partial charge in [0.05, 0.1) is 16.7 Å². The van der Waals surface area contributed by atoms with Crippen LogP contribution in [0.1, 0.15) is 19.4 Å². The van der Waals surface area contributed by atoms with Gasteiger partial charge in [-0.05, 0) is 31.5 Å². The van der Waals surface area contributed by atoms with E-state index < -0.39 is 23.4 Å². The summed E-state index contributed by atoms with van der Waals surface area (Å²) in [7, 11) is 1.52. The van der Waals surface area contributed by atoms with E-state index in [0.717, 1.165) is 4.90 Å². The molecular formula is C16H19Cl2N3O4. The molecule has 0 spiro atoms. The number of halogens is 2. The van der Waals surface area contributed by atoms with E-state index in [0.29, 0.717) is 17.2 Å². The number of ether oxygens (including phenoxy) is 1. The average Bonchev–Trinajstić information content (AvgIpc) is 2.74. The SMILES string of the molecule is COCC(C)NC(=O)CN1C(=O)NC(C)(c2ccc(Cl)c(Cl)c2)C1=O. The predicted octanol–water partition coefficient (Wildman–Crippen LogP) is 1.91. The number of nitrogens with zero attached hydrogens (tertiary/aromatic N) is 1. The number of urea groups is 1. The Morgan fingerprint density at radius 3 is 2.64 bits per heavy atom. The molecule has 0 aliphatic carbocycles. The Hall–Kier alpha value is -1.83. The maximum Gasteiger partial charge on any atom is 0.325 e. The van der Waals surface area contributed by atoms with E-state index in [2.05, 4.69) is 10.6 Å². The van der Waals surface area contributed by atoms with Gasteiger partial charge in [-0.25, -0.2) is 4.79 Å². The van der Waals surface area contributed by atoms with Crippen LogP contribution in [0.4, 0.5) is 4.79 Å². The molecule has 0 saturated carbocycles. The van der Waals surface area contributed by atoms with Gasteiger partial charge < -0.3 is 15.4 Å². The zero-order chi connectivity index (χ0) is 18.8. The summed E-state index contributed by atoms with van der Waals surface area (Å²) in [6.07, 6.45) is 0. The first-order chi connectivity index (χ1) is 11.7. The van der Waals surface area contributed by atoms with E-state index in [1.807, 2.05) is 0 Å². The lowest BCUT2D eigenvalue weighted by atomic mass is 9.92. The molecular weight excluding hydrogens is 369 g/mol. The smallest absolute Gasteiger partial charge is 0.325 e. The fourth-order valence-electron chi connectivity index (χ4n) is 2.60. The molecule has 0 aromatic heterocycles. The molecule has 2 unspecified atom stereocenters. The number of nitrogens with one attached hydrogen (secondary N) is 2. The average molecular weight is 388 g/mol. The fraction of sp³-hybridized carbons (Fsp3) is 0.438. The molecule has 1 fully saturated rings. The number of methoxy groups -OCH3 is 1. The minimum Gasteiger partial charge on any atom is -0.383 e. The van der Waals surface area contributed by atoms with Gasteiger partial charge >= 0.3 is 6.03 Å². The molecule has 1 aromatic carbocycles. The van der Waals surface area contributed by atoms with Crippen LogP contribution < -0.4 is 10.6 Å². The van der Waals surface area contributed by atoms with Crippen LogP contribution >= 0.6 is 23.2 Å². The number of carbonyl (C=O) groups is 3. The minimum atomic E-state index is -1.32. The summed E-state index contributed by atoms with van der Waals surface area (Å²) in [6, 6.07) is 3.79. The zero-order valence-electron chi connectivity index (χ0n) is 14.1. The van der Waals surface area contributed by atoms with Gasteiger partial charge in [0.25, 0.3) is 5.91 Å². The van der Waals surface area contributed by atoms with E-state index in [1.165, 1.54) is 13.2 Å². The molecule has 7 nitrogen and oxygen atoms in total. The second kappa shape index (κ2) is 7.59. The third-order valence-corrected chi connectivity index (χ3v) is 4.64. The Labute approximate surface area is 155 Å². The van der Waals surface area contributed by atoms with Gasteiger partial charge in [-0.3, -0.25) is 14.5 Å². The largest absolute Gasteiger partial charge is 0.383 e. The number of imide groups is 1. The van der Waals surface area contributed by atoms with E-state index in [9.17, 15) is 14.4 Å². The van der Waals surface area contributed by atoms with Crippen molar-refractivity contribution in [3.05, 3.63) is 33.8 Å². The summed E-state index contributed by atoms with van der Waals surface area (Å²) in [5, 5.41) is 5.88. The molecule has 1 heterocycles. The predicted molar refractivity (Wildman–Crippen MR) is 93.5 cm³/mol.